The van der Waals surface area contributed by atoms with Crippen LogP contribution in [-0.4, -0.2) is 22.6 Å². The maximum atomic E-state index is 12.7. The van der Waals surface area contributed by atoms with E-state index in [1.807, 2.05) is 54.6 Å². The van der Waals surface area contributed by atoms with Crippen LogP contribution in [0.4, 0.5) is 0 Å². The lowest BCUT2D eigenvalue weighted by Crippen LogP contribution is -2.24. The summed E-state index contributed by atoms with van der Waals surface area (Å²) in [7, 11) is -0.756. The van der Waals surface area contributed by atoms with Crippen LogP contribution in [0.1, 0.15) is 16.7 Å². The van der Waals surface area contributed by atoms with Crippen LogP contribution in [0.3, 0.4) is 0 Å². The van der Waals surface area contributed by atoms with Crippen molar-refractivity contribution in [1.82, 2.24) is 4.72 Å². The first-order valence-corrected chi connectivity index (χ1v) is 10.9. The van der Waals surface area contributed by atoms with Crippen molar-refractivity contribution in [2.45, 2.75) is 24.7 Å². The molecule has 1 N–H and O–H groups in total. The quantitative estimate of drug-likeness (QED) is 0.531. The van der Waals surface area contributed by atoms with Crippen molar-refractivity contribution >= 4 is 10.0 Å². The molecule has 0 spiro atoms. The summed E-state index contributed by atoms with van der Waals surface area (Å²) in [6.07, 6.45) is 0. The van der Waals surface area contributed by atoms with Crippen LogP contribution in [-0.2, 0) is 34.5 Å². The average Bonchev–Trinajstić information content (AvgIpc) is 2.78. The van der Waals surface area contributed by atoms with Gasteiger partial charge in [-0.25, -0.2) is 13.1 Å². The molecular formula is C23H25NO5S. The van der Waals surface area contributed by atoms with E-state index in [9.17, 15) is 8.42 Å². The van der Waals surface area contributed by atoms with Crippen molar-refractivity contribution in [1.29, 1.82) is 0 Å². The maximum Gasteiger partial charge on any atom is 0.241 e. The summed E-state index contributed by atoms with van der Waals surface area (Å²) in [5.41, 5.74) is 2.88. The number of sulfonamides is 1. The Morgan fingerprint density at radius 1 is 0.767 bits per heavy atom. The van der Waals surface area contributed by atoms with Gasteiger partial charge in [-0.15, -0.1) is 0 Å². The van der Waals surface area contributed by atoms with Gasteiger partial charge in [0, 0.05) is 12.6 Å². The Labute approximate surface area is 177 Å². The fourth-order valence-electron chi connectivity index (χ4n) is 2.96. The fraction of sp³-hybridized carbons (Fsp3) is 0.217. The SMILES string of the molecule is COc1ccc(S(=O)(=O)NCc2ccccc2COCc2ccccc2)cc1OC. The molecule has 0 aliphatic heterocycles. The molecule has 7 heteroatoms. The molecule has 0 aliphatic rings. The number of nitrogens with one attached hydrogen (secondary N) is 1. The van der Waals surface area contributed by atoms with Crippen LogP contribution in [0.5, 0.6) is 11.5 Å². The molecule has 0 aliphatic carbocycles. The van der Waals surface area contributed by atoms with Crippen molar-refractivity contribution in [3.63, 3.8) is 0 Å². The lowest BCUT2D eigenvalue weighted by atomic mass is 10.1. The zero-order chi connectivity index (χ0) is 21.4. The number of hydrogen-bond acceptors (Lipinski definition) is 5. The molecular weight excluding hydrogens is 402 g/mol. The van der Waals surface area contributed by atoms with Gasteiger partial charge in [0.25, 0.3) is 0 Å². The monoisotopic (exact) mass is 427 g/mol. The van der Waals surface area contributed by atoms with E-state index in [-0.39, 0.29) is 11.4 Å². The highest BCUT2D eigenvalue weighted by atomic mass is 32.2. The van der Waals surface area contributed by atoms with Gasteiger partial charge in [0.15, 0.2) is 11.5 Å². The van der Waals surface area contributed by atoms with Gasteiger partial charge in [-0.3, -0.25) is 0 Å². The average molecular weight is 428 g/mol. The second-order valence-electron chi connectivity index (χ2n) is 6.59. The second-order valence-corrected chi connectivity index (χ2v) is 8.36. The zero-order valence-corrected chi connectivity index (χ0v) is 17.8. The summed E-state index contributed by atoms with van der Waals surface area (Å²) in [4.78, 5) is 0.109. The Morgan fingerprint density at radius 3 is 2.13 bits per heavy atom. The normalized spacial score (nSPS) is 11.3. The van der Waals surface area contributed by atoms with Gasteiger partial charge in [-0.05, 0) is 28.8 Å². The third kappa shape index (κ3) is 5.60. The van der Waals surface area contributed by atoms with Crippen LogP contribution >= 0.6 is 0 Å². The van der Waals surface area contributed by atoms with E-state index in [4.69, 9.17) is 14.2 Å². The highest BCUT2D eigenvalue weighted by Crippen LogP contribution is 2.29. The Hall–Kier alpha value is -2.87. The van der Waals surface area contributed by atoms with E-state index in [2.05, 4.69) is 4.72 Å². The molecule has 0 amide bonds. The number of ether oxygens (including phenoxy) is 3. The molecule has 3 aromatic rings. The molecule has 0 heterocycles. The predicted molar refractivity (Wildman–Crippen MR) is 115 cm³/mol. The van der Waals surface area contributed by atoms with Crippen LogP contribution < -0.4 is 14.2 Å². The first kappa shape index (κ1) is 21.8. The van der Waals surface area contributed by atoms with E-state index in [1.165, 1.54) is 26.4 Å². The van der Waals surface area contributed by atoms with Crippen LogP contribution in [0.25, 0.3) is 0 Å². The van der Waals surface area contributed by atoms with E-state index in [0.717, 1.165) is 16.7 Å². The number of hydrogen-bond donors (Lipinski definition) is 1. The molecule has 0 aromatic heterocycles. The largest absolute Gasteiger partial charge is 0.493 e. The molecule has 0 fully saturated rings. The predicted octanol–water partition coefficient (Wildman–Crippen LogP) is 3.90. The molecule has 3 rings (SSSR count). The minimum absolute atomic E-state index is 0.109. The first-order valence-electron chi connectivity index (χ1n) is 9.43. The molecule has 0 atom stereocenters. The molecule has 158 valence electrons. The minimum Gasteiger partial charge on any atom is -0.493 e. The van der Waals surface area contributed by atoms with Crippen molar-refractivity contribution in [3.05, 3.63) is 89.5 Å². The standard InChI is InChI=1S/C23H25NO5S/c1-27-22-13-12-21(14-23(22)28-2)30(25,26)24-15-19-10-6-7-11-20(19)17-29-16-18-8-4-3-5-9-18/h3-14,24H,15-17H2,1-2H3. The van der Waals surface area contributed by atoms with Gasteiger partial charge in [0.1, 0.15) is 0 Å². The molecule has 0 unspecified atom stereocenters. The van der Waals surface area contributed by atoms with Crippen LogP contribution in [0.15, 0.2) is 77.7 Å². The second kappa shape index (κ2) is 10.2. The first-order chi connectivity index (χ1) is 14.5. The summed E-state index contributed by atoms with van der Waals surface area (Å²) in [5, 5.41) is 0. The van der Waals surface area contributed by atoms with E-state index in [0.29, 0.717) is 24.7 Å². The van der Waals surface area contributed by atoms with Crippen molar-refractivity contribution < 1.29 is 22.6 Å². The lowest BCUT2D eigenvalue weighted by molar-refractivity contribution is 0.106. The summed E-state index contributed by atoms with van der Waals surface area (Å²) in [6, 6.07) is 22.0. The van der Waals surface area contributed by atoms with Crippen molar-refractivity contribution in [2.75, 3.05) is 14.2 Å². The Morgan fingerprint density at radius 2 is 1.43 bits per heavy atom. The van der Waals surface area contributed by atoms with Crippen LogP contribution in [0.2, 0.25) is 0 Å². The van der Waals surface area contributed by atoms with Gasteiger partial charge in [0.2, 0.25) is 10.0 Å². The van der Waals surface area contributed by atoms with Crippen LogP contribution in [0, 0.1) is 0 Å². The summed E-state index contributed by atoms with van der Waals surface area (Å²) in [5.74, 6) is 0.826. The molecule has 0 saturated carbocycles. The number of benzene rings is 3. The van der Waals surface area contributed by atoms with Gasteiger partial charge < -0.3 is 14.2 Å². The molecule has 0 saturated heterocycles. The van der Waals surface area contributed by atoms with E-state index < -0.39 is 10.0 Å². The highest BCUT2D eigenvalue weighted by Gasteiger charge is 2.17. The molecule has 30 heavy (non-hydrogen) atoms. The maximum absolute atomic E-state index is 12.7. The van der Waals surface area contributed by atoms with Crippen molar-refractivity contribution in [2.24, 2.45) is 0 Å². The minimum atomic E-state index is -3.72. The summed E-state index contributed by atoms with van der Waals surface area (Å²) >= 11 is 0. The molecule has 6 nitrogen and oxygen atoms in total. The zero-order valence-electron chi connectivity index (χ0n) is 17.0. The molecule has 0 bridgehead atoms. The summed E-state index contributed by atoms with van der Waals surface area (Å²) < 4.78 is 44.3. The Kier molecular flexibility index (Phi) is 7.46. The van der Waals surface area contributed by atoms with Gasteiger partial charge in [-0.1, -0.05) is 54.6 Å². The Balaban J connectivity index is 1.66. The van der Waals surface area contributed by atoms with E-state index in [1.54, 1.807) is 6.07 Å². The number of methoxy groups -OCH3 is 2. The number of rotatable bonds is 10. The summed E-state index contributed by atoms with van der Waals surface area (Å²) in [6.45, 7) is 1.04. The molecule has 0 radical (unpaired) electrons. The fourth-order valence-corrected chi connectivity index (χ4v) is 3.99. The van der Waals surface area contributed by atoms with Gasteiger partial charge >= 0.3 is 0 Å². The Bertz CT molecular complexity index is 1070. The van der Waals surface area contributed by atoms with Crippen molar-refractivity contribution in [3.8, 4) is 11.5 Å². The smallest absolute Gasteiger partial charge is 0.241 e. The highest BCUT2D eigenvalue weighted by molar-refractivity contribution is 7.89. The van der Waals surface area contributed by atoms with Gasteiger partial charge in [0.05, 0.1) is 32.3 Å². The van der Waals surface area contributed by atoms with E-state index >= 15 is 0 Å². The molecule has 3 aromatic carbocycles. The topological polar surface area (TPSA) is 73.9 Å². The van der Waals surface area contributed by atoms with Gasteiger partial charge in [-0.2, -0.15) is 0 Å². The third-order valence-electron chi connectivity index (χ3n) is 4.61. The lowest BCUT2D eigenvalue weighted by Gasteiger charge is -2.13. The third-order valence-corrected chi connectivity index (χ3v) is 6.00.